The van der Waals surface area contributed by atoms with Crippen molar-refractivity contribution in [3.8, 4) is 0 Å². The van der Waals surface area contributed by atoms with Crippen molar-refractivity contribution in [3.63, 3.8) is 0 Å². The maximum Gasteiger partial charge on any atom is 0.200 e. The van der Waals surface area contributed by atoms with Crippen LogP contribution in [0.5, 0.6) is 0 Å². The van der Waals surface area contributed by atoms with Gasteiger partial charge in [-0.2, -0.15) is 0 Å². The van der Waals surface area contributed by atoms with E-state index in [1.807, 2.05) is 0 Å². The van der Waals surface area contributed by atoms with E-state index in [1.165, 1.54) is 7.05 Å². The van der Waals surface area contributed by atoms with Gasteiger partial charge in [0.25, 0.3) is 0 Å². The van der Waals surface area contributed by atoms with Gasteiger partial charge in [-0.3, -0.25) is 4.99 Å². The van der Waals surface area contributed by atoms with Crippen LogP contribution in [0.2, 0.25) is 0 Å². The fourth-order valence-electron chi connectivity index (χ4n) is 0.480. The second-order valence-corrected chi connectivity index (χ2v) is 1.53. The van der Waals surface area contributed by atoms with Crippen LogP contribution in [0.15, 0.2) is 37.6 Å². The predicted octanol–water partition coefficient (Wildman–Crippen LogP) is -0.533. The maximum atomic E-state index is 5.17. The molecule has 0 amide bonds. The lowest BCUT2D eigenvalue weighted by Crippen LogP contribution is -2.01. The van der Waals surface area contributed by atoms with Crippen LogP contribution in [0.1, 0.15) is 0 Å². The minimum Gasteiger partial charge on any atom is -0.403 e. The van der Waals surface area contributed by atoms with E-state index in [-0.39, 0.29) is 11.5 Å². The molecule has 0 aromatic heterocycles. The zero-order valence-corrected chi connectivity index (χ0v) is 6.55. The first-order valence-electron chi connectivity index (χ1n) is 2.91. The van der Waals surface area contributed by atoms with Crippen molar-refractivity contribution < 1.29 is 0 Å². The van der Waals surface area contributed by atoms with E-state index in [2.05, 4.69) is 25.7 Å². The molecule has 0 aromatic rings. The summed E-state index contributed by atoms with van der Waals surface area (Å²) in [4.78, 5) is 3.69. The Labute approximate surface area is 68.9 Å². The Balaban J connectivity index is 4.71. The van der Waals surface area contributed by atoms with Crippen LogP contribution in [-0.2, 0) is 0 Å². The number of nitrogens with two attached hydrogens (primary N) is 3. The van der Waals surface area contributed by atoms with Gasteiger partial charge in [0.15, 0.2) is 0 Å². The molecule has 0 rings (SSSR count). The zero-order valence-electron chi connectivity index (χ0n) is 6.55. The van der Waals surface area contributed by atoms with Gasteiger partial charge in [-0.1, -0.05) is 10.4 Å². The number of hydrogen-bond acceptors (Lipinski definition) is 5. The van der Waals surface area contributed by atoms with Gasteiger partial charge < -0.3 is 17.4 Å². The number of aliphatic imine (C=N–C) groups is 1. The molecular formula is C4H10N8. The standard InChI is InChI=1S/C4H10N8/c1-8-4(10-12-7)3(2-5)9-11-6/h2H,5H2,1H3,(H2,6,9)(H2,7,8,10). The number of hydrogen-bond donors (Lipinski definition) is 3. The summed E-state index contributed by atoms with van der Waals surface area (Å²) in [5.74, 6) is 9.76. The van der Waals surface area contributed by atoms with E-state index in [9.17, 15) is 0 Å². The summed E-state index contributed by atoms with van der Waals surface area (Å²) in [7, 11) is 1.49. The predicted molar refractivity (Wildman–Crippen MR) is 43.7 cm³/mol. The maximum absolute atomic E-state index is 5.17. The summed E-state index contributed by atoms with van der Waals surface area (Å²) < 4.78 is 0. The number of nitrogens with zero attached hydrogens (tertiary/aromatic N) is 5. The first kappa shape index (κ1) is 10.0. The topological polar surface area (TPSA) is 140 Å². The van der Waals surface area contributed by atoms with Gasteiger partial charge in [0.2, 0.25) is 5.84 Å². The molecule has 12 heavy (non-hydrogen) atoms. The van der Waals surface area contributed by atoms with E-state index in [0.717, 1.165) is 6.20 Å². The normalized spacial score (nSPS) is 14.8. The Morgan fingerprint density at radius 1 is 1.17 bits per heavy atom. The molecule has 0 saturated heterocycles. The van der Waals surface area contributed by atoms with E-state index < -0.39 is 0 Å². The molecule has 0 fully saturated rings. The first-order chi connectivity index (χ1) is 5.79. The molecule has 6 N–H and O–H groups in total. The molecular weight excluding hydrogens is 160 g/mol. The Kier molecular flexibility index (Phi) is 4.81. The summed E-state index contributed by atoms with van der Waals surface area (Å²) >= 11 is 0. The van der Waals surface area contributed by atoms with Gasteiger partial charge in [0.1, 0.15) is 5.70 Å². The van der Waals surface area contributed by atoms with Gasteiger partial charge in [-0.05, 0) is 0 Å². The highest BCUT2D eigenvalue weighted by Gasteiger charge is 2.02. The monoisotopic (exact) mass is 170 g/mol. The minimum atomic E-state index is 0.161. The molecule has 0 unspecified atom stereocenters. The van der Waals surface area contributed by atoms with Crippen LogP contribution in [0.4, 0.5) is 0 Å². The SMILES string of the molecule is CN=C(N=NN)C(=CN)N=NN. The largest absolute Gasteiger partial charge is 0.403 e. The third-order valence-corrected chi connectivity index (χ3v) is 0.917. The molecule has 0 radical (unpaired) electrons. The molecule has 8 heteroatoms. The summed E-state index contributed by atoms with van der Waals surface area (Å²) in [6, 6.07) is 0. The van der Waals surface area contributed by atoms with Gasteiger partial charge in [0.05, 0.1) is 0 Å². The lowest BCUT2D eigenvalue weighted by atomic mass is 10.4. The fraction of sp³-hybridized carbons (Fsp3) is 0.250. The molecule has 0 aliphatic heterocycles. The van der Waals surface area contributed by atoms with Crippen molar-refractivity contribution in [3.05, 3.63) is 11.9 Å². The highest BCUT2D eigenvalue weighted by atomic mass is 15.4. The third-order valence-electron chi connectivity index (χ3n) is 0.917. The lowest BCUT2D eigenvalue weighted by Gasteiger charge is -1.94. The van der Waals surface area contributed by atoms with Crippen LogP contribution in [0.3, 0.4) is 0 Å². The summed E-state index contributed by atoms with van der Waals surface area (Å²) in [5, 5.41) is 12.9. The fourth-order valence-corrected chi connectivity index (χ4v) is 0.480. The Morgan fingerprint density at radius 3 is 2.08 bits per heavy atom. The molecule has 0 aromatic carbocycles. The molecule has 0 aliphatic carbocycles. The minimum absolute atomic E-state index is 0.161. The van der Waals surface area contributed by atoms with Crippen molar-refractivity contribution in [2.45, 2.75) is 0 Å². The van der Waals surface area contributed by atoms with E-state index in [0.29, 0.717) is 0 Å². The van der Waals surface area contributed by atoms with Gasteiger partial charge in [-0.25, -0.2) is 0 Å². The van der Waals surface area contributed by atoms with Crippen molar-refractivity contribution in [2.75, 3.05) is 7.05 Å². The number of amidine groups is 1. The van der Waals surface area contributed by atoms with Crippen LogP contribution < -0.4 is 17.4 Å². The molecule has 0 spiro atoms. The van der Waals surface area contributed by atoms with Crippen LogP contribution in [0, 0.1) is 0 Å². The van der Waals surface area contributed by atoms with Gasteiger partial charge in [0, 0.05) is 13.2 Å². The van der Waals surface area contributed by atoms with E-state index in [4.69, 9.17) is 17.4 Å². The second kappa shape index (κ2) is 5.77. The number of rotatable bonds is 2. The Bertz CT molecular complexity index is 209. The van der Waals surface area contributed by atoms with Crippen molar-refractivity contribution in [2.24, 2.45) is 43.1 Å². The van der Waals surface area contributed by atoms with Crippen LogP contribution >= 0.6 is 0 Å². The van der Waals surface area contributed by atoms with Crippen LogP contribution in [-0.4, -0.2) is 12.9 Å². The third kappa shape index (κ3) is 2.73. The molecule has 8 nitrogen and oxygen atoms in total. The molecule has 0 heterocycles. The van der Waals surface area contributed by atoms with Gasteiger partial charge in [-0.15, -0.1) is 10.2 Å². The molecule has 0 saturated carbocycles. The average molecular weight is 170 g/mol. The highest BCUT2D eigenvalue weighted by Crippen LogP contribution is 2.00. The zero-order chi connectivity index (χ0) is 9.40. The first-order valence-corrected chi connectivity index (χ1v) is 2.91. The summed E-state index contributed by atoms with van der Waals surface area (Å²) in [5.41, 5.74) is 5.37. The van der Waals surface area contributed by atoms with E-state index >= 15 is 0 Å². The smallest absolute Gasteiger partial charge is 0.200 e. The Morgan fingerprint density at radius 2 is 1.75 bits per heavy atom. The molecule has 66 valence electrons. The molecule has 0 bridgehead atoms. The summed E-state index contributed by atoms with van der Waals surface area (Å²) in [6.45, 7) is 0. The summed E-state index contributed by atoms with van der Waals surface area (Å²) in [6.07, 6.45) is 1.15. The van der Waals surface area contributed by atoms with Crippen molar-refractivity contribution in [1.82, 2.24) is 0 Å². The van der Waals surface area contributed by atoms with Gasteiger partial charge >= 0.3 is 0 Å². The second-order valence-electron chi connectivity index (χ2n) is 1.53. The Hall–Kier alpha value is -1.99. The lowest BCUT2D eigenvalue weighted by molar-refractivity contribution is 1.01. The quantitative estimate of drug-likeness (QED) is 0.168. The molecule has 0 aliphatic rings. The average Bonchev–Trinajstić information content (AvgIpc) is 2.11. The van der Waals surface area contributed by atoms with Crippen molar-refractivity contribution >= 4 is 5.84 Å². The van der Waals surface area contributed by atoms with Crippen LogP contribution in [0.25, 0.3) is 0 Å². The van der Waals surface area contributed by atoms with Crippen molar-refractivity contribution in [1.29, 1.82) is 0 Å². The van der Waals surface area contributed by atoms with E-state index in [1.54, 1.807) is 0 Å². The highest BCUT2D eigenvalue weighted by molar-refractivity contribution is 5.97. The molecule has 0 atom stereocenters.